The molecule has 0 unspecified atom stereocenters. The second-order valence-electron chi connectivity index (χ2n) is 4.50. The van der Waals surface area contributed by atoms with Gasteiger partial charge >= 0.3 is 0 Å². The van der Waals surface area contributed by atoms with Gasteiger partial charge in [-0.3, -0.25) is 9.78 Å². The molecule has 0 aliphatic rings. The number of amides is 1. The van der Waals surface area contributed by atoms with Crippen LogP contribution < -0.4 is 0 Å². The van der Waals surface area contributed by atoms with E-state index in [2.05, 4.69) is 4.98 Å². The van der Waals surface area contributed by atoms with Crippen LogP contribution in [0.15, 0.2) is 59.8 Å². The van der Waals surface area contributed by atoms with Crippen LogP contribution in [-0.2, 0) is 11.3 Å². The Morgan fingerprint density at radius 2 is 1.86 bits per heavy atom. The van der Waals surface area contributed by atoms with Crippen LogP contribution in [0.5, 0.6) is 0 Å². The van der Waals surface area contributed by atoms with Gasteiger partial charge in [0.1, 0.15) is 0 Å². The number of carbonyl (C=O) groups is 1. The number of thioether (sulfide) groups is 1. The zero-order valence-electron chi connectivity index (χ0n) is 11.7. The van der Waals surface area contributed by atoms with Crippen LogP contribution in [0.4, 0.5) is 0 Å². The normalized spacial score (nSPS) is 10.3. The molecular weight excluding hydrogens is 284 g/mol. The summed E-state index contributed by atoms with van der Waals surface area (Å²) in [4.78, 5) is 18.9. The molecule has 0 bridgehead atoms. The molecule has 0 aliphatic carbocycles. The van der Waals surface area contributed by atoms with E-state index in [1.165, 1.54) is 11.8 Å². The van der Waals surface area contributed by atoms with Crippen molar-refractivity contribution in [3.63, 3.8) is 0 Å². The minimum absolute atomic E-state index is 0.0229. The molecule has 1 aromatic carbocycles. The summed E-state index contributed by atoms with van der Waals surface area (Å²) >= 11 is 1.48. The van der Waals surface area contributed by atoms with E-state index in [9.17, 15) is 4.79 Å². The number of aliphatic hydroxyl groups excluding tert-OH is 1. The van der Waals surface area contributed by atoms with Gasteiger partial charge in [-0.1, -0.05) is 30.3 Å². The molecule has 1 amide bonds. The van der Waals surface area contributed by atoms with Crippen molar-refractivity contribution in [1.29, 1.82) is 0 Å². The maximum Gasteiger partial charge on any atom is 0.233 e. The van der Waals surface area contributed by atoms with Crippen LogP contribution in [0.1, 0.15) is 5.56 Å². The van der Waals surface area contributed by atoms with Crippen LogP contribution in [0.3, 0.4) is 0 Å². The number of aromatic nitrogens is 1. The van der Waals surface area contributed by atoms with Gasteiger partial charge in [0.2, 0.25) is 5.91 Å². The number of aliphatic hydroxyl groups is 1. The highest BCUT2D eigenvalue weighted by Crippen LogP contribution is 2.17. The molecule has 1 aromatic heterocycles. The molecule has 110 valence electrons. The van der Waals surface area contributed by atoms with Gasteiger partial charge in [0.25, 0.3) is 0 Å². The quantitative estimate of drug-likeness (QED) is 0.797. The van der Waals surface area contributed by atoms with Crippen molar-refractivity contribution in [3.05, 3.63) is 60.4 Å². The van der Waals surface area contributed by atoms with Gasteiger partial charge in [-0.05, 0) is 17.7 Å². The molecular formula is C16H18N2O2S. The van der Waals surface area contributed by atoms with E-state index in [4.69, 9.17) is 5.11 Å². The molecule has 0 aliphatic heterocycles. The SMILES string of the molecule is O=C(CSc1ccncc1)N(CCO)Cc1ccccc1. The van der Waals surface area contributed by atoms with Crippen molar-refractivity contribution in [1.82, 2.24) is 9.88 Å². The first-order valence-electron chi connectivity index (χ1n) is 6.75. The fraction of sp³-hybridized carbons (Fsp3) is 0.250. The Kier molecular flexibility index (Phi) is 6.24. The van der Waals surface area contributed by atoms with Crippen LogP contribution >= 0.6 is 11.8 Å². The molecule has 0 fully saturated rings. The van der Waals surface area contributed by atoms with Crippen LogP contribution in [0.2, 0.25) is 0 Å². The zero-order valence-corrected chi connectivity index (χ0v) is 12.5. The molecule has 4 nitrogen and oxygen atoms in total. The van der Waals surface area contributed by atoms with Crippen molar-refractivity contribution in [3.8, 4) is 0 Å². The smallest absolute Gasteiger partial charge is 0.233 e. The third-order valence-corrected chi connectivity index (χ3v) is 3.95. The fourth-order valence-electron chi connectivity index (χ4n) is 1.89. The number of hydrogen-bond donors (Lipinski definition) is 1. The van der Waals surface area contributed by atoms with E-state index < -0.39 is 0 Å². The number of rotatable bonds is 7. The summed E-state index contributed by atoms with van der Waals surface area (Å²) in [6.07, 6.45) is 3.42. The second kappa shape index (κ2) is 8.44. The second-order valence-corrected chi connectivity index (χ2v) is 5.54. The van der Waals surface area contributed by atoms with Crippen molar-refractivity contribution in [2.75, 3.05) is 18.9 Å². The lowest BCUT2D eigenvalue weighted by Crippen LogP contribution is -2.34. The molecule has 0 saturated heterocycles. The standard InChI is InChI=1S/C16H18N2O2S/c19-11-10-18(12-14-4-2-1-3-5-14)16(20)13-21-15-6-8-17-9-7-15/h1-9,19H,10-13H2. The highest BCUT2D eigenvalue weighted by atomic mass is 32.2. The number of nitrogens with zero attached hydrogens (tertiary/aromatic N) is 2. The van der Waals surface area contributed by atoms with Crippen LogP contribution in [0.25, 0.3) is 0 Å². The predicted octanol–water partition coefficient (Wildman–Crippen LogP) is 2.19. The lowest BCUT2D eigenvalue weighted by Gasteiger charge is -2.21. The highest BCUT2D eigenvalue weighted by Gasteiger charge is 2.13. The van der Waals surface area contributed by atoms with E-state index in [-0.39, 0.29) is 12.5 Å². The molecule has 0 radical (unpaired) electrons. The minimum atomic E-state index is -0.0293. The zero-order chi connectivity index (χ0) is 14.9. The predicted molar refractivity (Wildman–Crippen MR) is 83.9 cm³/mol. The molecule has 2 rings (SSSR count). The fourth-order valence-corrected chi connectivity index (χ4v) is 2.67. The van der Waals surface area contributed by atoms with Gasteiger partial charge in [-0.15, -0.1) is 11.8 Å². The summed E-state index contributed by atoms with van der Waals surface area (Å²) in [6.45, 7) is 0.847. The van der Waals surface area contributed by atoms with Crippen LogP contribution in [-0.4, -0.2) is 39.8 Å². The Balaban J connectivity index is 1.92. The Labute approximate surface area is 128 Å². The van der Waals surface area contributed by atoms with Crippen molar-refractivity contribution in [2.24, 2.45) is 0 Å². The summed E-state index contributed by atoms with van der Waals surface area (Å²) in [5.41, 5.74) is 1.06. The number of hydrogen-bond acceptors (Lipinski definition) is 4. The molecule has 0 spiro atoms. The average molecular weight is 302 g/mol. The number of benzene rings is 1. The van der Waals surface area contributed by atoms with Crippen LogP contribution in [0, 0.1) is 0 Å². The van der Waals surface area contributed by atoms with E-state index >= 15 is 0 Å². The third-order valence-electron chi connectivity index (χ3n) is 2.95. The number of pyridine rings is 1. The molecule has 1 N–H and O–H groups in total. The molecule has 0 atom stereocenters. The molecule has 1 heterocycles. The monoisotopic (exact) mass is 302 g/mol. The largest absolute Gasteiger partial charge is 0.395 e. The lowest BCUT2D eigenvalue weighted by molar-refractivity contribution is -0.129. The minimum Gasteiger partial charge on any atom is -0.395 e. The van der Waals surface area contributed by atoms with E-state index in [1.54, 1.807) is 17.3 Å². The third kappa shape index (κ3) is 5.21. The van der Waals surface area contributed by atoms with Gasteiger partial charge in [0, 0.05) is 30.4 Å². The first-order chi connectivity index (χ1) is 10.3. The van der Waals surface area contributed by atoms with E-state index in [0.717, 1.165) is 10.5 Å². The topological polar surface area (TPSA) is 53.4 Å². The maximum atomic E-state index is 12.3. The van der Waals surface area contributed by atoms with E-state index in [0.29, 0.717) is 18.8 Å². The summed E-state index contributed by atoms with van der Waals surface area (Å²) < 4.78 is 0. The lowest BCUT2D eigenvalue weighted by atomic mass is 10.2. The molecule has 2 aromatic rings. The van der Waals surface area contributed by atoms with Crippen molar-refractivity contribution >= 4 is 17.7 Å². The maximum absolute atomic E-state index is 12.3. The molecule has 0 saturated carbocycles. The van der Waals surface area contributed by atoms with Gasteiger partial charge in [-0.2, -0.15) is 0 Å². The highest BCUT2D eigenvalue weighted by molar-refractivity contribution is 8.00. The number of carbonyl (C=O) groups excluding carboxylic acids is 1. The van der Waals surface area contributed by atoms with Gasteiger partial charge < -0.3 is 10.0 Å². The summed E-state index contributed by atoms with van der Waals surface area (Å²) in [7, 11) is 0. The molecule has 21 heavy (non-hydrogen) atoms. The van der Waals surface area contributed by atoms with Gasteiger partial charge in [-0.25, -0.2) is 0 Å². The summed E-state index contributed by atoms with van der Waals surface area (Å²) in [5, 5.41) is 9.14. The summed E-state index contributed by atoms with van der Waals surface area (Å²) in [5.74, 6) is 0.381. The van der Waals surface area contributed by atoms with Crippen molar-refractivity contribution < 1.29 is 9.90 Å². The van der Waals surface area contributed by atoms with Gasteiger partial charge in [0.05, 0.1) is 12.4 Å². The Morgan fingerprint density at radius 3 is 2.52 bits per heavy atom. The first kappa shape index (κ1) is 15.5. The average Bonchev–Trinajstić information content (AvgIpc) is 2.54. The van der Waals surface area contributed by atoms with Gasteiger partial charge in [0.15, 0.2) is 0 Å². The first-order valence-corrected chi connectivity index (χ1v) is 7.73. The summed E-state index contributed by atoms with van der Waals surface area (Å²) in [6, 6.07) is 13.6. The Morgan fingerprint density at radius 1 is 1.14 bits per heavy atom. The van der Waals surface area contributed by atoms with Crippen molar-refractivity contribution in [2.45, 2.75) is 11.4 Å². The Hall–Kier alpha value is -1.85. The van der Waals surface area contributed by atoms with E-state index in [1.807, 2.05) is 42.5 Å². The Bertz CT molecular complexity index is 549. The molecule has 5 heteroatoms.